The minimum absolute atomic E-state index is 0.0149. The van der Waals surface area contributed by atoms with Gasteiger partial charge in [-0.2, -0.15) is 0 Å². The van der Waals surface area contributed by atoms with Gasteiger partial charge in [-0.3, -0.25) is 0 Å². The lowest BCUT2D eigenvalue weighted by molar-refractivity contribution is -0.157. The van der Waals surface area contributed by atoms with Crippen LogP contribution in [0.15, 0.2) is 12.1 Å². The van der Waals surface area contributed by atoms with E-state index in [-0.39, 0.29) is 17.9 Å². The SMILES string of the molecule is Cc1nc2c(C(=O)O)cc(OCC(=O)OC(C)(C)C)cc2[nH]1. The number of carboxylic acid groups (broad SMARTS) is 1. The number of ether oxygens (including phenoxy) is 2. The van der Waals surface area contributed by atoms with Crippen molar-refractivity contribution in [2.75, 3.05) is 6.61 Å². The standard InChI is InChI=1S/C15H18N2O5/c1-8-16-11-6-9(5-10(14(19)20)13(11)17-8)21-7-12(18)22-15(2,3)4/h5-6H,7H2,1-4H3,(H,16,17)(H,19,20). The summed E-state index contributed by atoms with van der Waals surface area (Å²) in [5, 5.41) is 9.25. The highest BCUT2D eigenvalue weighted by Gasteiger charge is 2.18. The molecule has 2 aromatic rings. The van der Waals surface area contributed by atoms with E-state index in [1.807, 2.05) is 0 Å². The van der Waals surface area contributed by atoms with Crippen molar-refractivity contribution >= 4 is 23.0 Å². The molecule has 118 valence electrons. The number of nitrogens with zero attached hydrogens (tertiary/aromatic N) is 1. The topological polar surface area (TPSA) is 102 Å². The number of esters is 1. The lowest BCUT2D eigenvalue weighted by atomic mass is 10.1. The number of fused-ring (bicyclic) bond motifs is 1. The lowest BCUT2D eigenvalue weighted by Crippen LogP contribution is -2.27. The maximum Gasteiger partial charge on any atom is 0.344 e. The maximum absolute atomic E-state index is 11.6. The molecule has 22 heavy (non-hydrogen) atoms. The Hall–Kier alpha value is -2.57. The number of nitrogens with one attached hydrogen (secondary N) is 1. The molecule has 1 aromatic heterocycles. The zero-order valence-electron chi connectivity index (χ0n) is 12.9. The molecule has 0 spiro atoms. The molecule has 7 nitrogen and oxygen atoms in total. The van der Waals surface area contributed by atoms with Crippen LogP contribution < -0.4 is 4.74 Å². The Balaban J connectivity index is 2.21. The van der Waals surface area contributed by atoms with E-state index in [9.17, 15) is 14.7 Å². The molecule has 0 saturated heterocycles. The summed E-state index contributed by atoms with van der Waals surface area (Å²) in [6, 6.07) is 2.95. The third kappa shape index (κ3) is 3.75. The van der Waals surface area contributed by atoms with Gasteiger partial charge in [0.15, 0.2) is 6.61 Å². The quantitative estimate of drug-likeness (QED) is 0.840. The van der Waals surface area contributed by atoms with E-state index in [1.54, 1.807) is 33.8 Å². The van der Waals surface area contributed by atoms with Gasteiger partial charge in [0.1, 0.15) is 22.7 Å². The number of hydrogen-bond donors (Lipinski definition) is 2. The van der Waals surface area contributed by atoms with Crippen LogP contribution in [0.4, 0.5) is 0 Å². The first-order valence-corrected chi connectivity index (χ1v) is 6.74. The van der Waals surface area contributed by atoms with Gasteiger partial charge in [-0.25, -0.2) is 14.6 Å². The molecule has 1 aromatic carbocycles. The summed E-state index contributed by atoms with van der Waals surface area (Å²) in [7, 11) is 0. The molecular formula is C15H18N2O5. The fraction of sp³-hybridized carbons (Fsp3) is 0.400. The van der Waals surface area contributed by atoms with Gasteiger partial charge in [0.05, 0.1) is 11.1 Å². The van der Waals surface area contributed by atoms with Crippen molar-refractivity contribution in [3.8, 4) is 5.75 Å². The Kier molecular flexibility index (Phi) is 4.07. The molecule has 0 atom stereocenters. The number of carbonyl (C=O) groups is 2. The molecule has 0 amide bonds. The molecular weight excluding hydrogens is 288 g/mol. The van der Waals surface area contributed by atoms with Gasteiger partial charge in [0.2, 0.25) is 0 Å². The Morgan fingerprint density at radius 2 is 2.00 bits per heavy atom. The highest BCUT2D eigenvalue weighted by atomic mass is 16.6. The summed E-state index contributed by atoms with van der Waals surface area (Å²) in [6.07, 6.45) is 0. The van der Waals surface area contributed by atoms with Crippen LogP contribution in [-0.4, -0.2) is 39.2 Å². The van der Waals surface area contributed by atoms with Crippen LogP contribution in [0.25, 0.3) is 11.0 Å². The summed E-state index contributed by atoms with van der Waals surface area (Å²) in [5.41, 5.74) is 0.309. The smallest absolute Gasteiger partial charge is 0.344 e. The van der Waals surface area contributed by atoms with Gasteiger partial charge in [-0.1, -0.05) is 0 Å². The predicted molar refractivity (Wildman–Crippen MR) is 79.1 cm³/mol. The van der Waals surface area contributed by atoms with Gasteiger partial charge in [-0.15, -0.1) is 0 Å². The molecule has 0 unspecified atom stereocenters. The van der Waals surface area contributed by atoms with Crippen LogP contribution in [0.5, 0.6) is 5.75 Å². The number of aryl methyl sites for hydroxylation is 1. The third-order valence-corrected chi connectivity index (χ3v) is 2.69. The Labute approximate surface area is 127 Å². The summed E-state index contributed by atoms with van der Waals surface area (Å²) < 4.78 is 10.5. The zero-order valence-corrected chi connectivity index (χ0v) is 12.9. The number of carboxylic acids is 1. The fourth-order valence-electron chi connectivity index (χ4n) is 1.97. The molecule has 0 fully saturated rings. The van der Waals surface area contributed by atoms with E-state index in [4.69, 9.17) is 9.47 Å². The molecule has 0 saturated carbocycles. The van der Waals surface area contributed by atoms with Crippen LogP contribution in [0.1, 0.15) is 37.0 Å². The van der Waals surface area contributed by atoms with Crippen molar-refractivity contribution < 1.29 is 24.2 Å². The average molecular weight is 306 g/mol. The largest absolute Gasteiger partial charge is 0.482 e. The van der Waals surface area contributed by atoms with Gasteiger partial charge in [0.25, 0.3) is 0 Å². The molecule has 1 heterocycles. The number of benzene rings is 1. The number of hydrogen-bond acceptors (Lipinski definition) is 5. The predicted octanol–water partition coefficient (Wildman–Crippen LogP) is 2.29. The van der Waals surface area contributed by atoms with Crippen molar-refractivity contribution in [2.45, 2.75) is 33.3 Å². The van der Waals surface area contributed by atoms with Crippen molar-refractivity contribution in [1.82, 2.24) is 9.97 Å². The molecule has 0 aliphatic rings. The van der Waals surface area contributed by atoms with Crippen LogP contribution in [0.3, 0.4) is 0 Å². The second kappa shape index (κ2) is 5.67. The fourth-order valence-corrected chi connectivity index (χ4v) is 1.97. The number of aromatic amines is 1. The van der Waals surface area contributed by atoms with E-state index >= 15 is 0 Å². The molecule has 2 N–H and O–H groups in total. The van der Waals surface area contributed by atoms with Crippen molar-refractivity contribution in [3.05, 3.63) is 23.5 Å². The van der Waals surface area contributed by atoms with Crippen LogP contribution >= 0.6 is 0 Å². The summed E-state index contributed by atoms with van der Waals surface area (Å²) in [5.74, 6) is -0.773. The minimum Gasteiger partial charge on any atom is -0.482 e. The lowest BCUT2D eigenvalue weighted by Gasteiger charge is -2.19. The van der Waals surface area contributed by atoms with E-state index in [2.05, 4.69) is 9.97 Å². The maximum atomic E-state index is 11.6. The van der Waals surface area contributed by atoms with Gasteiger partial charge in [0, 0.05) is 6.07 Å². The summed E-state index contributed by atoms with van der Waals surface area (Å²) >= 11 is 0. The molecule has 2 rings (SSSR count). The number of carbonyl (C=O) groups excluding carboxylic acids is 1. The molecule has 0 radical (unpaired) electrons. The first kappa shape index (κ1) is 15.8. The Morgan fingerprint density at radius 1 is 1.32 bits per heavy atom. The molecule has 0 aliphatic heterocycles. The molecule has 0 bridgehead atoms. The van der Waals surface area contributed by atoms with Crippen LogP contribution in [0, 0.1) is 6.92 Å². The van der Waals surface area contributed by atoms with Crippen molar-refractivity contribution in [3.63, 3.8) is 0 Å². The Bertz CT molecular complexity index is 727. The number of H-pyrrole nitrogens is 1. The van der Waals surface area contributed by atoms with Gasteiger partial charge in [-0.05, 0) is 33.8 Å². The molecule has 0 aliphatic carbocycles. The second-order valence-corrected chi connectivity index (χ2v) is 5.87. The number of aromatic nitrogens is 2. The number of aromatic carboxylic acids is 1. The normalized spacial score (nSPS) is 11.5. The highest BCUT2D eigenvalue weighted by molar-refractivity contribution is 6.01. The van der Waals surface area contributed by atoms with E-state index in [1.165, 1.54) is 6.07 Å². The Morgan fingerprint density at radius 3 is 2.59 bits per heavy atom. The minimum atomic E-state index is -1.11. The third-order valence-electron chi connectivity index (χ3n) is 2.69. The van der Waals surface area contributed by atoms with Gasteiger partial charge < -0.3 is 19.6 Å². The average Bonchev–Trinajstić information content (AvgIpc) is 2.73. The second-order valence-electron chi connectivity index (χ2n) is 5.87. The zero-order chi connectivity index (χ0) is 16.5. The van der Waals surface area contributed by atoms with E-state index < -0.39 is 17.5 Å². The first-order chi connectivity index (χ1) is 10.2. The highest BCUT2D eigenvalue weighted by Crippen LogP contribution is 2.24. The van der Waals surface area contributed by atoms with Crippen LogP contribution in [0.2, 0.25) is 0 Å². The summed E-state index contributed by atoms with van der Waals surface area (Å²) in [4.78, 5) is 30.0. The van der Waals surface area contributed by atoms with E-state index in [0.29, 0.717) is 16.9 Å². The number of rotatable bonds is 4. The van der Waals surface area contributed by atoms with Gasteiger partial charge >= 0.3 is 11.9 Å². The van der Waals surface area contributed by atoms with Crippen LogP contribution in [-0.2, 0) is 9.53 Å². The molecule has 7 heteroatoms. The van der Waals surface area contributed by atoms with Crippen molar-refractivity contribution in [2.24, 2.45) is 0 Å². The van der Waals surface area contributed by atoms with Crippen molar-refractivity contribution in [1.29, 1.82) is 0 Å². The van der Waals surface area contributed by atoms with E-state index in [0.717, 1.165) is 0 Å². The monoisotopic (exact) mass is 306 g/mol. The number of imidazole rings is 1. The summed E-state index contributed by atoms with van der Waals surface area (Å²) in [6.45, 7) is 6.70. The first-order valence-electron chi connectivity index (χ1n) is 6.74.